The van der Waals surface area contributed by atoms with Gasteiger partial charge in [0.25, 0.3) is 0 Å². The number of ether oxygens (including phenoxy) is 2. The molecule has 1 fully saturated rings. The first-order valence-corrected chi connectivity index (χ1v) is 6.74. The lowest BCUT2D eigenvalue weighted by Crippen LogP contribution is -2.33. The van der Waals surface area contributed by atoms with Gasteiger partial charge in [0.1, 0.15) is 6.10 Å². The molecule has 2 aromatic rings. The Morgan fingerprint density at radius 2 is 2.33 bits per heavy atom. The Labute approximate surface area is 133 Å². The molecule has 1 N–H and O–H groups in total. The quantitative estimate of drug-likeness (QED) is 0.933. The van der Waals surface area contributed by atoms with Crippen molar-refractivity contribution < 1.29 is 14.6 Å². The Bertz CT molecular complexity index is 579. The van der Waals surface area contributed by atoms with Crippen molar-refractivity contribution in [3.05, 3.63) is 53.6 Å². The Balaban J connectivity index is 0.00000161. The molecule has 0 radical (unpaired) electrons. The van der Waals surface area contributed by atoms with Crippen LogP contribution >= 0.6 is 24.0 Å². The third-order valence-corrected chi connectivity index (χ3v) is 3.51. The van der Waals surface area contributed by atoms with E-state index < -0.39 is 5.79 Å². The Hall–Kier alpha value is -1.11. The molecule has 21 heavy (non-hydrogen) atoms. The van der Waals surface area contributed by atoms with Gasteiger partial charge in [0.15, 0.2) is 0 Å². The SMILES string of the molecule is Cl.OCC1COC(Cn2ccnc2)(c2cccc(Cl)c2)O1. The molecule has 1 aromatic carbocycles. The second-order valence-corrected chi connectivity index (χ2v) is 5.17. The number of nitrogens with zero attached hydrogens (tertiary/aromatic N) is 2. The number of aliphatic hydroxyl groups excluding tert-OH is 1. The zero-order valence-electron chi connectivity index (χ0n) is 11.2. The number of aliphatic hydroxyl groups is 1. The van der Waals surface area contributed by atoms with E-state index in [-0.39, 0.29) is 25.1 Å². The summed E-state index contributed by atoms with van der Waals surface area (Å²) in [4.78, 5) is 4.02. The number of benzene rings is 1. The van der Waals surface area contributed by atoms with E-state index in [1.54, 1.807) is 18.6 Å². The fourth-order valence-corrected chi connectivity index (χ4v) is 2.52. The van der Waals surface area contributed by atoms with Gasteiger partial charge in [-0.2, -0.15) is 0 Å². The summed E-state index contributed by atoms with van der Waals surface area (Å²) in [6.07, 6.45) is 4.90. The molecule has 5 nitrogen and oxygen atoms in total. The van der Waals surface area contributed by atoms with Crippen LogP contribution in [-0.2, 0) is 21.8 Å². The summed E-state index contributed by atoms with van der Waals surface area (Å²) in [5, 5.41) is 9.89. The van der Waals surface area contributed by atoms with E-state index >= 15 is 0 Å². The van der Waals surface area contributed by atoms with Gasteiger partial charge in [-0.05, 0) is 12.1 Å². The maximum Gasteiger partial charge on any atom is 0.214 e. The minimum Gasteiger partial charge on any atom is -0.394 e. The molecule has 0 aliphatic carbocycles. The van der Waals surface area contributed by atoms with Crippen molar-refractivity contribution in [3.8, 4) is 0 Å². The number of aromatic nitrogens is 2. The van der Waals surface area contributed by atoms with Crippen molar-refractivity contribution in [1.82, 2.24) is 9.55 Å². The molecular weight excluding hydrogens is 315 g/mol. The summed E-state index contributed by atoms with van der Waals surface area (Å²) in [6, 6.07) is 7.38. The van der Waals surface area contributed by atoms with E-state index in [9.17, 15) is 5.11 Å². The summed E-state index contributed by atoms with van der Waals surface area (Å²) in [5.74, 6) is -0.945. The molecule has 1 saturated heterocycles. The van der Waals surface area contributed by atoms with E-state index in [0.29, 0.717) is 18.2 Å². The van der Waals surface area contributed by atoms with Gasteiger partial charge in [-0.3, -0.25) is 0 Å². The lowest BCUT2D eigenvalue weighted by Gasteiger charge is -2.29. The molecule has 2 atom stereocenters. The molecule has 2 unspecified atom stereocenters. The zero-order valence-corrected chi connectivity index (χ0v) is 12.8. The summed E-state index contributed by atoms with van der Waals surface area (Å²) < 4.78 is 13.7. The first-order chi connectivity index (χ1) is 9.72. The van der Waals surface area contributed by atoms with E-state index in [1.165, 1.54) is 0 Å². The van der Waals surface area contributed by atoms with Crippen molar-refractivity contribution in [2.45, 2.75) is 18.4 Å². The standard InChI is InChI=1S/C14H15ClN2O3.ClH/c15-12-3-1-2-11(6-12)14(9-17-5-4-16-10-17)19-8-13(7-18)20-14;/h1-6,10,13,18H,7-9H2;1H. The summed E-state index contributed by atoms with van der Waals surface area (Å²) >= 11 is 6.06. The molecule has 1 aliphatic rings. The minimum atomic E-state index is -0.945. The van der Waals surface area contributed by atoms with Gasteiger partial charge < -0.3 is 19.1 Å². The predicted octanol–water partition coefficient (Wildman–Crippen LogP) is 2.22. The second kappa shape index (κ2) is 6.77. The van der Waals surface area contributed by atoms with Crippen molar-refractivity contribution in [2.24, 2.45) is 0 Å². The zero-order chi connectivity index (χ0) is 14.0. The molecule has 114 valence electrons. The highest BCUT2D eigenvalue weighted by atomic mass is 35.5. The third-order valence-electron chi connectivity index (χ3n) is 3.28. The minimum absolute atomic E-state index is 0. The lowest BCUT2D eigenvalue weighted by molar-refractivity contribution is -0.190. The van der Waals surface area contributed by atoms with Crippen LogP contribution in [0.3, 0.4) is 0 Å². The van der Waals surface area contributed by atoms with Crippen molar-refractivity contribution in [3.63, 3.8) is 0 Å². The van der Waals surface area contributed by atoms with Gasteiger partial charge in [-0.25, -0.2) is 4.98 Å². The molecule has 7 heteroatoms. The molecule has 1 aliphatic heterocycles. The van der Waals surface area contributed by atoms with E-state index in [4.69, 9.17) is 21.1 Å². The highest BCUT2D eigenvalue weighted by Crippen LogP contribution is 2.36. The Morgan fingerprint density at radius 3 is 2.95 bits per heavy atom. The van der Waals surface area contributed by atoms with Gasteiger partial charge in [0, 0.05) is 23.0 Å². The first-order valence-electron chi connectivity index (χ1n) is 6.36. The van der Waals surface area contributed by atoms with Gasteiger partial charge in [0.05, 0.1) is 26.1 Å². The Morgan fingerprint density at radius 1 is 1.48 bits per heavy atom. The van der Waals surface area contributed by atoms with Crippen molar-refractivity contribution in [1.29, 1.82) is 0 Å². The lowest BCUT2D eigenvalue weighted by atomic mass is 10.1. The Kier molecular flexibility index (Phi) is 5.24. The number of imidazole rings is 1. The molecule has 3 rings (SSSR count). The summed E-state index contributed by atoms with van der Waals surface area (Å²) in [5.41, 5.74) is 0.828. The number of hydrogen-bond donors (Lipinski definition) is 1. The monoisotopic (exact) mass is 330 g/mol. The fourth-order valence-electron chi connectivity index (χ4n) is 2.33. The van der Waals surface area contributed by atoms with E-state index in [0.717, 1.165) is 5.56 Å². The first kappa shape index (κ1) is 16.3. The number of halogens is 2. The molecule has 0 saturated carbocycles. The largest absolute Gasteiger partial charge is 0.394 e. The summed E-state index contributed by atoms with van der Waals surface area (Å²) in [7, 11) is 0. The van der Waals surface area contributed by atoms with E-state index in [1.807, 2.05) is 29.0 Å². The van der Waals surface area contributed by atoms with Crippen LogP contribution in [0.4, 0.5) is 0 Å². The molecule has 1 aromatic heterocycles. The highest BCUT2D eigenvalue weighted by molar-refractivity contribution is 6.30. The molecular formula is C14H16Cl2N2O3. The van der Waals surface area contributed by atoms with Gasteiger partial charge >= 0.3 is 0 Å². The van der Waals surface area contributed by atoms with Crippen LogP contribution in [0.2, 0.25) is 5.02 Å². The van der Waals surface area contributed by atoms with Crippen LogP contribution in [-0.4, -0.2) is 34.0 Å². The fraction of sp³-hybridized carbons (Fsp3) is 0.357. The van der Waals surface area contributed by atoms with Crippen LogP contribution < -0.4 is 0 Å². The smallest absolute Gasteiger partial charge is 0.214 e. The maximum absolute atomic E-state index is 9.28. The predicted molar refractivity (Wildman–Crippen MR) is 80.5 cm³/mol. The second-order valence-electron chi connectivity index (χ2n) is 4.73. The van der Waals surface area contributed by atoms with Gasteiger partial charge in [-0.15, -0.1) is 12.4 Å². The average molecular weight is 331 g/mol. The van der Waals surface area contributed by atoms with Crippen molar-refractivity contribution in [2.75, 3.05) is 13.2 Å². The third kappa shape index (κ3) is 3.39. The number of rotatable bonds is 4. The van der Waals surface area contributed by atoms with Crippen LogP contribution in [0, 0.1) is 0 Å². The maximum atomic E-state index is 9.28. The highest BCUT2D eigenvalue weighted by Gasteiger charge is 2.43. The van der Waals surface area contributed by atoms with E-state index in [2.05, 4.69) is 4.98 Å². The molecule has 2 heterocycles. The number of hydrogen-bond acceptors (Lipinski definition) is 4. The van der Waals surface area contributed by atoms with Crippen LogP contribution in [0.15, 0.2) is 43.0 Å². The van der Waals surface area contributed by atoms with Crippen LogP contribution in [0.25, 0.3) is 0 Å². The molecule has 0 bridgehead atoms. The van der Waals surface area contributed by atoms with Crippen LogP contribution in [0.5, 0.6) is 0 Å². The normalized spacial score (nSPS) is 24.8. The van der Waals surface area contributed by atoms with Gasteiger partial charge in [0.2, 0.25) is 5.79 Å². The average Bonchev–Trinajstić information content (AvgIpc) is 3.09. The summed E-state index contributed by atoms with van der Waals surface area (Å²) in [6.45, 7) is 0.716. The molecule has 0 spiro atoms. The van der Waals surface area contributed by atoms with Crippen molar-refractivity contribution >= 4 is 24.0 Å². The topological polar surface area (TPSA) is 56.5 Å². The molecule has 0 amide bonds. The van der Waals surface area contributed by atoms with Gasteiger partial charge in [-0.1, -0.05) is 23.7 Å². The van der Waals surface area contributed by atoms with Crippen LogP contribution in [0.1, 0.15) is 5.56 Å².